The van der Waals surface area contributed by atoms with Gasteiger partial charge >= 0.3 is 6.01 Å². The van der Waals surface area contributed by atoms with Crippen LogP contribution in [0.4, 0.5) is 11.5 Å². The Balaban J connectivity index is 1.41. The highest BCUT2D eigenvalue weighted by molar-refractivity contribution is 6.16. The van der Waals surface area contributed by atoms with E-state index in [1.54, 1.807) is 0 Å². The Labute approximate surface area is 218 Å². The van der Waals surface area contributed by atoms with Gasteiger partial charge in [-0.15, -0.1) is 0 Å². The molecule has 2 aromatic carbocycles. The SMILES string of the molecule is Cc1c(C(=N)c2ccccc2N)ccc2c(N3CCCOCC3)nc(OCC34CCCN3CCC4)nc12. The number of benzene rings is 2. The highest BCUT2D eigenvalue weighted by Crippen LogP contribution is 2.39. The molecule has 3 N–H and O–H groups in total. The third-order valence-electron chi connectivity index (χ3n) is 8.38. The lowest BCUT2D eigenvalue weighted by molar-refractivity contribution is 0.108. The van der Waals surface area contributed by atoms with Crippen molar-refractivity contribution >= 4 is 28.1 Å². The van der Waals surface area contributed by atoms with Gasteiger partial charge in [-0.1, -0.05) is 24.3 Å². The molecule has 8 nitrogen and oxygen atoms in total. The molecule has 6 rings (SSSR count). The molecule has 3 saturated heterocycles. The molecule has 8 heteroatoms. The minimum Gasteiger partial charge on any atom is -0.461 e. The number of hydrogen-bond donors (Lipinski definition) is 2. The van der Waals surface area contributed by atoms with Crippen LogP contribution < -0.4 is 15.4 Å². The van der Waals surface area contributed by atoms with Gasteiger partial charge in [0.15, 0.2) is 0 Å². The molecule has 4 heterocycles. The summed E-state index contributed by atoms with van der Waals surface area (Å²) in [7, 11) is 0. The molecule has 0 spiro atoms. The highest BCUT2D eigenvalue weighted by atomic mass is 16.5. The molecule has 37 heavy (non-hydrogen) atoms. The van der Waals surface area contributed by atoms with Crippen molar-refractivity contribution in [3.63, 3.8) is 0 Å². The number of aryl methyl sites for hydroxylation is 1. The predicted octanol–water partition coefficient (Wildman–Crippen LogP) is 4.17. The van der Waals surface area contributed by atoms with Crippen molar-refractivity contribution in [2.75, 3.05) is 56.6 Å². The van der Waals surface area contributed by atoms with Crippen LogP contribution in [0.2, 0.25) is 0 Å². The van der Waals surface area contributed by atoms with E-state index < -0.39 is 0 Å². The van der Waals surface area contributed by atoms with Crippen LogP contribution in [0.5, 0.6) is 6.01 Å². The number of fused-ring (bicyclic) bond motifs is 2. The summed E-state index contributed by atoms with van der Waals surface area (Å²) in [5.74, 6) is 0.887. The Kier molecular flexibility index (Phi) is 6.46. The number of anilines is 2. The van der Waals surface area contributed by atoms with Crippen molar-refractivity contribution in [1.82, 2.24) is 14.9 Å². The van der Waals surface area contributed by atoms with Crippen LogP contribution in [0.15, 0.2) is 36.4 Å². The molecule has 1 aromatic heterocycles. The van der Waals surface area contributed by atoms with Gasteiger partial charge < -0.3 is 20.1 Å². The summed E-state index contributed by atoms with van der Waals surface area (Å²) in [6.07, 6.45) is 5.77. The van der Waals surface area contributed by atoms with Gasteiger partial charge in [0.05, 0.1) is 23.4 Å². The van der Waals surface area contributed by atoms with E-state index in [2.05, 4.69) is 9.80 Å². The summed E-state index contributed by atoms with van der Waals surface area (Å²) < 4.78 is 12.2. The van der Waals surface area contributed by atoms with E-state index in [1.807, 2.05) is 43.3 Å². The van der Waals surface area contributed by atoms with Gasteiger partial charge in [-0.3, -0.25) is 10.3 Å². The molecule has 0 aliphatic carbocycles. The predicted molar refractivity (Wildman–Crippen MR) is 147 cm³/mol. The van der Waals surface area contributed by atoms with E-state index in [4.69, 9.17) is 30.6 Å². The fourth-order valence-corrected chi connectivity index (χ4v) is 6.36. The second-order valence-corrected chi connectivity index (χ2v) is 10.6. The molecule has 0 saturated carbocycles. The maximum absolute atomic E-state index is 8.95. The Morgan fingerprint density at radius 2 is 1.81 bits per heavy atom. The standard InChI is InChI=1S/C29H36N6O2/c1-20-21(25(31)22-7-2-3-8-24(22)30)9-10-23-26(20)32-28(33-27(23)34-13-6-17-36-18-16-34)37-19-29-11-4-14-35(29)15-5-12-29/h2-3,7-10,31H,4-6,11-19,30H2,1H3. The number of rotatable bonds is 6. The van der Waals surface area contributed by atoms with Crippen LogP contribution in [0.3, 0.4) is 0 Å². The number of ether oxygens (including phenoxy) is 2. The Morgan fingerprint density at radius 3 is 2.62 bits per heavy atom. The van der Waals surface area contributed by atoms with Gasteiger partial charge in [-0.2, -0.15) is 9.97 Å². The maximum atomic E-state index is 8.95. The van der Waals surface area contributed by atoms with Crippen molar-refractivity contribution < 1.29 is 9.47 Å². The average Bonchev–Trinajstić information content (AvgIpc) is 3.37. The normalized spacial score (nSPS) is 19.6. The second kappa shape index (κ2) is 9.91. The van der Waals surface area contributed by atoms with E-state index >= 15 is 0 Å². The summed E-state index contributed by atoms with van der Waals surface area (Å²) in [6.45, 7) is 8.07. The molecule has 0 unspecified atom stereocenters. The molecular weight excluding hydrogens is 464 g/mol. The average molecular weight is 501 g/mol. The fraction of sp³-hybridized carbons (Fsp3) is 0.483. The molecule has 3 aliphatic heterocycles. The third-order valence-corrected chi connectivity index (χ3v) is 8.38. The molecule has 0 atom stereocenters. The van der Waals surface area contributed by atoms with Crippen molar-refractivity contribution in [2.45, 2.75) is 44.6 Å². The molecule has 0 radical (unpaired) electrons. The lowest BCUT2D eigenvalue weighted by atomic mass is 9.95. The van der Waals surface area contributed by atoms with Gasteiger partial charge in [0.25, 0.3) is 0 Å². The zero-order chi connectivity index (χ0) is 25.4. The number of aromatic nitrogens is 2. The van der Waals surface area contributed by atoms with Gasteiger partial charge in [0.2, 0.25) is 0 Å². The topological polar surface area (TPSA) is 101 Å². The minimum atomic E-state index is 0.124. The first-order valence-electron chi connectivity index (χ1n) is 13.5. The molecule has 0 amide bonds. The van der Waals surface area contributed by atoms with Gasteiger partial charge in [-0.05, 0) is 69.8 Å². The second-order valence-electron chi connectivity index (χ2n) is 10.6. The third kappa shape index (κ3) is 4.42. The van der Waals surface area contributed by atoms with Gasteiger partial charge in [0.1, 0.15) is 12.4 Å². The van der Waals surface area contributed by atoms with E-state index in [1.165, 1.54) is 25.7 Å². The lowest BCUT2D eigenvalue weighted by Gasteiger charge is -2.31. The summed E-state index contributed by atoms with van der Waals surface area (Å²) in [4.78, 5) is 14.8. The molecule has 0 bridgehead atoms. The van der Waals surface area contributed by atoms with Crippen LogP contribution in [-0.4, -0.2) is 72.1 Å². The maximum Gasteiger partial charge on any atom is 0.319 e. The number of nitrogens with one attached hydrogen (secondary N) is 1. The smallest absolute Gasteiger partial charge is 0.319 e. The Morgan fingerprint density at radius 1 is 1.00 bits per heavy atom. The van der Waals surface area contributed by atoms with E-state index in [-0.39, 0.29) is 5.54 Å². The minimum absolute atomic E-state index is 0.124. The number of hydrogen-bond acceptors (Lipinski definition) is 8. The zero-order valence-corrected chi connectivity index (χ0v) is 21.6. The molecule has 3 aromatic rings. The van der Waals surface area contributed by atoms with Crippen LogP contribution in [0, 0.1) is 12.3 Å². The first kappa shape index (κ1) is 24.1. The lowest BCUT2D eigenvalue weighted by Crippen LogP contribution is -2.43. The molecule has 3 fully saturated rings. The van der Waals surface area contributed by atoms with Crippen LogP contribution in [-0.2, 0) is 4.74 Å². The highest BCUT2D eigenvalue weighted by Gasteiger charge is 2.45. The summed E-state index contributed by atoms with van der Waals surface area (Å²) in [5, 5.41) is 9.92. The fourth-order valence-electron chi connectivity index (χ4n) is 6.36. The zero-order valence-electron chi connectivity index (χ0n) is 21.6. The first-order valence-corrected chi connectivity index (χ1v) is 13.5. The first-order chi connectivity index (χ1) is 18.1. The number of para-hydroxylation sites is 1. The quantitative estimate of drug-likeness (QED) is 0.387. The number of nitrogens with two attached hydrogens (primary N) is 1. The monoisotopic (exact) mass is 500 g/mol. The Bertz CT molecular complexity index is 1310. The van der Waals surface area contributed by atoms with E-state index in [0.717, 1.165) is 72.6 Å². The van der Waals surface area contributed by atoms with Crippen molar-refractivity contribution in [1.29, 1.82) is 5.41 Å². The van der Waals surface area contributed by atoms with Crippen LogP contribution >= 0.6 is 0 Å². The van der Waals surface area contributed by atoms with Crippen molar-refractivity contribution in [2.24, 2.45) is 0 Å². The van der Waals surface area contributed by atoms with Gasteiger partial charge in [0, 0.05) is 41.9 Å². The summed E-state index contributed by atoms with van der Waals surface area (Å²) >= 11 is 0. The number of nitrogens with zero attached hydrogens (tertiary/aromatic N) is 4. The van der Waals surface area contributed by atoms with Crippen molar-refractivity contribution in [3.8, 4) is 6.01 Å². The largest absolute Gasteiger partial charge is 0.461 e. The van der Waals surface area contributed by atoms with Gasteiger partial charge in [-0.25, -0.2) is 0 Å². The number of nitrogen functional groups attached to an aromatic ring is 1. The van der Waals surface area contributed by atoms with Crippen LogP contribution in [0.25, 0.3) is 10.9 Å². The molecular formula is C29H36N6O2. The van der Waals surface area contributed by atoms with Crippen molar-refractivity contribution in [3.05, 3.63) is 53.1 Å². The molecule has 194 valence electrons. The van der Waals surface area contributed by atoms with E-state index in [9.17, 15) is 0 Å². The summed E-state index contributed by atoms with van der Waals surface area (Å²) in [6, 6.07) is 12.0. The molecule has 3 aliphatic rings. The van der Waals surface area contributed by atoms with Crippen LogP contribution in [0.1, 0.15) is 48.8 Å². The summed E-state index contributed by atoms with van der Waals surface area (Å²) in [5.41, 5.74) is 10.6. The Hall–Kier alpha value is -3.23. The van der Waals surface area contributed by atoms with E-state index in [0.29, 0.717) is 30.6 Å².